The highest BCUT2D eigenvalue weighted by molar-refractivity contribution is 5.48. The molecule has 1 fully saturated rings. The molecule has 2 aromatic carbocycles. The Kier molecular flexibility index (Phi) is 5.61. The lowest BCUT2D eigenvalue weighted by Crippen LogP contribution is -2.45. The Hall–Kier alpha value is -2.46. The van der Waals surface area contributed by atoms with Crippen molar-refractivity contribution in [2.75, 3.05) is 38.2 Å². The maximum Gasteiger partial charge on any atom is 0.123 e. The topological polar surface area (TPSA) is 35.9 Å². The average molecular weight is 338 g/mol. The number of rotatable bonds is 6. The highest BCUT2D eigenvalue weighted by atomic mass is 16.5. The zero-order chi connectivity index (χ0) is 17.6. The van der Waals surface area contributed by atoms with E-state index in [1.165, 1.54) is 5.69 Å². The first kappa shape index (κ1) is 17.4. The predicted molar refractivity (Wildman–Crippen MR) is 102 cm³/mol. The summed E-state index contributed by atoms with van der Waals surface area (Å²) in [5, 5.41) is 10.6. The first-order chi connectivity index (χ1) is 12.2. The molecule has 0 atom stereocenters. The Labute approximate surface area is 150 Å². The van der Waals surface area contributed by atoms with Crippen LogP contribution in [0.3, 0.4) is 0 Å². The number of aromatic hydroxyl groups is 1. The summed E-state index contributed by atoms with van der Waals surface area (Å²) in [6.45, 7) is 8.44. The van der Waals surface area contributed by atoms with Gasteiger partial charge in [-0.15, -0.1) is 6.58 Å². The van der Waals surface area contributed by atoms with Crippen molar-refractivity contribution in [1.29, 1.82) is 0 Å². The van der Waals surface area contributed by atoms with Crippen molar-refractivity contribution >= 4 is 5.69 Å². The monoisotopic (exact) mass is 338 g/mol. The number of hydrogen-bond acceptors (Lipinski definition) is 4. The molecule has 0 saturated carbocycles. The molecule has 0 unspecified atom stereocenters. The molecule has 3 rings (SSSR count). The minimum atomic E-state index is 0.367. The second-order valence-electron chi connectivity index (χ2n) is 6.39. The number of para-hydroxylation sites is 1. The van der Waals surface area contributed by atoms with Gasteiger partial charge in [-0.1, -0.05) is 24.3 Å². The maximum absolute atomic E-state index is 10.6. The minimum absolute atomic E-state index is 0.367. The fraction of sp³-hybridized carbons (Fsp3) is 0.333. The molecule has 4 heteroatoms. The second-order valence-corrected chi connectivity index (χ2v) is 6.39. The van der Waals surface area contributed by atoms with Crippen molar-refractivity contribution < 1.29 is 9.84 Å². The maximum atomic E-state index is 10.6. The van der Waals surface area contributed by atoms with E-state index in [1.807, 2.05) is 18.2 Å². The number of methoxy groups -OCH3 is 1. The molecule has 4 nitrogen and oxygen atoms in total. The number of ether oxygens (including phenoxy) is 1. The van der Waals surface area contributed by atoms with Crippen LogP contribution < -0.4 is 9.64 Å². The molecule has 132 valence electrons. The van der Waals surface area contributed by atoms with Gasteiger partial charge >= 0.3 is 0 Å². The van der Waals surface area contributed by atoms with E-state index in [9.17, 15) is 5.11 Å². The van der Waals surface area contributed by atoms with Crippen LogP contribution >= 0.6 is 0 Å². The number of piperazine rings is 1. The van der Waals surface area contributed by atoms with Gasteiger partial charge in [0.15, 0.2) is 0 Å². The van der Waals surface area contributed by atoms with Gasteiger partial charge in [0.25, 0.3) is 0 Å². The van der Waals surface area contributed by atoms with Crippen molar-refractivity contribution in [1.82, 2.24) is 4.90 Å². The van der Waals surface area contributed by atoms with Gasteiger partial charge in [-0.2, -0.15) is 0 Å². The molecule has 0 spiro atoms. The van der Waals surface area contributed by atoms with E-state index in [4.69, 9.17) is 4.74 Å². The molecule has 2 aromatic rings. The number of phenolic OH excluding ortho intramolecular Hbond substituents is 1. The highest BCUT2D eigenvalue weighted by Crippen LogP contribution is 2.30. The molecular formula is C21H26N2O2. The van der Waals surface area contributed by atoms with E-state index >= 15 is 0 Å². The Morgan fingerprint density at radius 2 is 1.76 bits per heavy atom. The summed E-state index contributed by atoms with van der Waals surface area (Å²) < 4.78 is 5.39. The molecule has 0 amide bonds. The summed E-state index contributed by atoms with van der Waals surface area (Å²) in [6.07, 6.45) is 2.44. The third-order valence-electron chi connectivity index (χ3n) is 4.73. The Balaban J connectivity index is 1.67. The fourth-order valence-electron chi connectivity index (χ4n) is 3.32. The molecular weight excluding hydrogens is 312 g/mol. The minimum Gasteiger partial charge on any atom is -0.507 e. The van der Waals surface area contributed by atoms with Crippen LogP contribution in [0.15, 0.2) is 55.1 Å². The number of phenols is 1. The summed E-state index contributed by atoms with van der Waals surface area (Å²) in [5.74, 6) is 1.15. The Morgan fingerprint density at radius 3 is 2.40 bits per heavy atom. The van der Waals surface area contributed by atoms with Crippen LogP contribution in [-0.4, -0.2) is 43.3 Å². The Morgan fingerprint density at radius 1 is 1.08 bits per heavy atom. The molecule has 0 aliphatic carbocycles. The average Bonchev–Trinajstić information content (AvgIpc) is 2.66. The van der Waals surface area contributed by atoms with Crippen molar-refractivity contribution in [3.63, 3.8) is 0 Å². The van der Waals surface area contributed by atoms with Gasteiger partial charge in [0.2, 0.25) is 0 Å². The van der Waals surface area contributed by atoms with Gasteiger partial charge in [-0.3, -0.25) is 4.90 Å². The lowest BCUT2D eigenvalue weighted by atomic mass is 10.0. The number of hydrogen-bond donors (Lipinski definition) is 1. The molecule has 0 bridgehead atoms. The number of anilines is 1. The van der Waals surface area contributed by atoms with Crippen LogP contribution in [0, 0.1) is 0 Å². The predicted octanol–water partition coefficient (Wildman–Crippen LogP) is 3.45. The van der Waals surface area contributed by atoms with Gasteiger partial charge in [0.1, 0.15) is 11.5 Å². The van der Waals surface area contributed by atoms with Crippen molar-refractivity contribution in [2.45, 2.75) is 13.0 Å². The summed E-state index contributed by atoms with van der Waals surface area (Å²) in [7, 11) is 1.66. The number of benzene rings is 2. The van der Waals surface area contributed by atoms with E-state index in [0.29, 0.717) is 12.2 Å². The fourth-order valence-corrected chi connectivity index (χ4v) is 3.32. The van der Waals surface area contributed by atoms with Gasteiger partial charge < -0.3 is 14.7 Å². The molecule has 1 N–H and O–H groups in total. The third-order valence-corrected chi connectivity index (χ3v) is 4.73. The molecule has 0 radical (unpaired) electrons. The van der Waals surface area contributed by atoms with Gasteiger partial charge in [-0.25, -0.2) is 0 Å². The molecule has 1 aliphatic rings. The van der Waals surface area contributed by atoms with Gasteiger partial charge in [0, 0.05) is 49.5 Å². The van der Waals surface area contributed by atoms with Crippen LogP contribution in [0.2, 0.25) is 0 Å². The van der Waals surface area contributed by atoms with E-state index in [2.05, 4.69) is 40.6 Å². The number of allylic oxidation sites excluding steroid dienone is 1. The SMILES string of the molecule is C=CCc1cc(OC)cc(CN2CCN(c3ccccc3)CC2)c1O. The van der Waals surface area contributed by atoms with Crippen LogP contribution in [0.25, 0.3) is 0 Å². The van der Waals surface area contributed by atoms with E-state index < -0.39 is 0 Å². The summed E-state index contributed by atoms with van der Waals surface area (Å²) in [5.41, 5.74) is 3.07. The zero-order valence-electron chi connectivity index (χ0n) is 14.8. The van der Waals surface area contributed by atoms with Crippen molar-refractivity contribution in [2.24, 2.45) is 0 Å². The first-order valence-electron chi connectivity index (χ1n) is 8.73. The molecule has 1 saturated heterocycles. The Bertz CT molecular complexity index is 707. The highest BCUT2D eigenvalue weighted by Gasteiger charge is 2.19. The largest absolute Gasteiger partial charge is 0.507 e. The van der Waals surface area contributed by atoms with E-state index in [1.54, 1.807) is 13.2 Å². The molecule has 25 heavy (non-hydrogen) atoms. The van der Waals surface area contributed by atoms with Crippen molar-refractivity contribution in [3.05, 3.63) is 66.2 Å². The van der Waals surface area contributed by atoms with Crippen LogP contribution in [0.4, 0.5) is 5.69 Å². The lowest BCUT2D eigenvalue weighted by Gasteiger charge is -2.36. The van der Waals surface area contributed by atoms with Crippen LogP contribution in [0.1, 0.15) is 11.1 Å². The smallest absolute Gasteiger partial charge is 0.123 e. The summed E-state index contributed by atoms with van der Waals surface area (Å²) in [4.78, 5) is 4.79. The quantitative estimate of drug-likeness (QED) is 0.819. The zero-order valence-corrected chi connectivity index (χ0v) is 14.8. The second kappa shape index (κ2) is 8.08. The van der Waals surface area contributed by atoms with Crippen LogP contribution in [-0.2, 0) is 13.0 Å². The summed E-state index contributed by atoms with van der Waals surface area (Å²) in [6, 6.07) is 14.3. The molecule has 1 aliphatic heterocycles. The normalized spacial score (nSPS) is 15.2. The van der Waals surface area contributed by atoms with E-state index in [0.717, 1.165) is 49.6 Å². The third kappa shape index (κ3) is 4.15. The van der Waals surface area contributed by atoms with E-state index in [-0.39, 0.29) is 0 Å². The van der Waals surface area contributed by atoms with Crippen LogP contribution in [0.5, 0.6) is 11.5 Å². The number of nitrogens with zero attached hydrogens (tertiary/aromatic N) is 2. The first-order valence-corrected chi connectivity index (χ1v) is 8.73. The molecule has 0 aromatic heterocycles. The van der Waals surface area contributed by atoms with Gasteiger partial charge in [0.05, 0.1) is 7.11 Å². The lowest BCUT2D eigenvalue weighted by molar-refractivity contribution is 0.246. The standard InChI is InChI=1S/C21H26N2O2/c1-3-7-17-14-20(25-2)15-18(21(17)24)16-22-10-12-23(13-11-22)19-8-5-4-6-9-19/h3-6,8-9,14-15,24H,1,7,10-13,16H2,2H3. The van der Waals surface area contributed by atoms with Gasteiger partial charge in [-0.05, 0) is 30.7 Å². The molecule has 1 heterocycles. The summed E-state index contributed by atoms with van der Waals surface area (Å²) >= 11 is 0. The van der Waals surface area contributed by atoms with Crippen molar-refractivity contribution in [3.8, 4) is 11.5 Å².